The van der Waals surface area contributed by atoms with Crippen LogP contribution in [0.1, 0.15) is 10.4 Å². The molecule has 0 spiro atoms. The predicted octanol–water partition coefficient (Wildman–Crippen LogP) is 1.63. The Hall–Kier alpha value is -2.89. The molecule has 3 aromatic rings. The molecule has 0 aliphatic rings. The molecule has 2 heterocycles. The van der Waals surface area contributed by atoms with Crippen LogP contribution >= 0.6 is 0 Å². The van der Waals surface area contributed by atoms with Gasteiger partial charge in [-0.1, -0.05) is 6.07 Å². The maximum Gasteiger partial charge on any atom is 0.341 e. The van der Waals surface area contributed by atoms with Crippen LogP contribution in [0.2, 0.25) is 0 Å². The molecule has 0 unspecified atom stereocenters. The second-order valence-corrected chi connectivity index (χ2v) is 4.46. The lowest BCUT2D eigenvalue weighted by atomic mass is 10.0. The maximum atomic E-state index is 12.0. The molecule has 1 aromatic carbocycles. The lowest BCUT2D eigenvalue weighted by Crippen LogP contribution is -2.24. The van der Waals surface area contributed by atoms with Crippen LogP contribution in [0.3, 0.4) is 0 Å². The number of nitrogens with one attached hydrogen (secondary N) is 1. The number of carboxylic acid groups (broad SMARTS) is 1. The highest BCUT2D eigenvalue weighted by Crippen LogP contribution is 2.24. The van der Waals surface area contributed by atoms with Crippen molar-refractivity contribution in [2.45, 2.75) is 0 Å². The van der Waals surface area contributed by atoms with Gasteiger partial charge in [-0.3, -0.25) is 4.79 Å². The molecule has 3 rings (SSSR count). The third kappa shape index (κ3) is 1.78. The van der Waals surface area contributed by atoms with Crippen molar-refractivity contribution < 1.29 is 9.90 Å². The summed E-state index contributed by atoms with van der Waals surface area (Å²) in [6.45, 7) is 0. The van der Waals surface area contributed by atoms with E-state index in [0.29, 0.717) is 11.1 Å². The molecule has 0 saturated carbocycles. The summed E-state index contributed by atoms with van der Waals surface area (Å²) >= 11 is 0. The molecule has 0 radical (unpaired) electrons. The summed E-state index contributed by atoms with van der Waals surface area (Å²) in [6, 6.07) is 6.95. The average molecular weight is 269 g/mol. The van der Waals surface area contributed by atoms with Crippen molar-refractivity contribution >= 4 is 17.0 Å². The summed E-state index contributed by atoms with van der Waals surface area (Å²) in [6.07, 6.45) is 3.12. The minimum absolute atomic E-state index is 0.228. The van der Waals surface area contributed by atoms with Crippen LogP contribution < -0.4 is 5.56 Å². The molecule has 6 heteroatoms. The number of pyridine rings is 1. The van der Waals surface area contributed by atoms with Crippen molar-refractivity contribution in [3.63, 3.8) is 0 Å². The van der Waals surface area contributed by atoms with E-state index in [4.69, 9.17) is 0 Å². The number of aromatic carboxylic acids is 1. The number of H-pyrrole nitrogens is 1. The molecule has 2 N–H and O–H groups in total. The summed E-state index contributed by atoms with van der Waals surface area (Å²) in [5.41, 5.74) is 1.89. The number of imidazole rings is 1. The zero-order valence-corrected chi connectivity index (χ0v) is 10.6. The highest BCUT2D eigenvalue weighted by Gasteiger charge is 2.17. The highest BCUT2D eigenvalue weighted by molar-refractivity contribution is 5.96. The van der Waals surface area contributed by atoms with Gasteiger partial charge in [-0.15, -0.1) is 0 Å². The zero-order valence-electron chi connectivity index (χ0n) is 10.6. The molecule has 0 atom stereocenters. The molecule has 0 aliphatic heterocycles. The molecule has 0 saturated heterocycles. The predicted molar refractivity (Wildman–Crippen MR) is 73.7 cm³/mol. The van der Waals surface area contributed by atoms with Crippen molar-refractivity contribution in [1.29, 1.82) is 0 Å². The van der Waals surface area contributed by atoms with E-state index in [1.54, 1.807) is 36.8 Å². The smallest absolute Gasteiger partial charge is 0.341 e. The van der Waals surface area contributed by atoms with Crippen LogP contribution in [-0.4, -0.2) is 25.6 Å². The first kappa shape index (κ1) is 12.2. The van der Waals surface area contributed by atoms with Gasteiger partial charge in [0.1, 0.15) is 5.56 Å². The fourth-order valence-electron chi connectivity index (χ4n) is 2.18. The quantitative estimate of drug-likeness (QED) is 0.740. The Labute approximate surface area is 113 Å². The van der Waals surface area contributed by atoms with Gasteiger partial charge in [0.2, 0.25) is 0 Å². The zero-order chi connectivity index (χ0) is 14.3. The minimum Gasteiger partial charge on any atom is -0.477 e. The molecule has 100 valence electrons. The van der Waals surface area contributed by atoms with Crippen molar-refractivity contribution in [1.82, 2.24) is 14.5 Å². The van der Waals surface area contributed by atoms with E-state index in [1.807, 2.05) is 0 Å². The van der Waals surface area contributed by atoms with Crippen LogP contribution in [0.5, 0.6) is 0 Å². The molecular formula is C14H11N3O3. The van der Waals surface area contributed by atoms with Gasteiger partial charge < -0.3 is 14.7 Å². The van der Waals surface area contributed by atoms with Gasteiger partial charge in [0.25, 0.3) is 5.56 Å². The molecule has 6 nitrogen and oxygen atoms in total. The Morgan fingerprint density at radius 2 is 2.15 bits per heavy atom. The van der Waals surface area contributed by atoms with Crippen LogP contribution in [0.4, 0.5) is 0 Å². The van der Waals surface area contributed by atoms with Gasteiger partial charge >= 0.3 is 5.97 Å². The molecule has 0 bridgehead atoms. The third-order valence-corrected chi connectivity index (χ3v) is 3.21. The number of aromatic nitrogens is 3. The van der Waals surface area contributed by atoms with Crippen LogP contribution in [0.15, 0.2) is 41.6 Å². The number of aromatic amines is 1. The monoisotopic (exact) mass is 269 g/mol. The number of benzene rings is 1. The summed E-state index contributed by atoms with van der Waals surface area (Å²) in [4.78, 5) is 30.4. The summed E-state index contributed by atoms with van der Waals surface area (Å²) in [7, 11) is 1.52. The SMILES string of the molecule is Cn1ccc(-c2ccc3nc[nH]c3c2)c(C(=O)O)c1=O. The van der Waals surface area contributed by atoms with Gasteiger partial charge in [-0.05, 0) is 23.8 Å². The van der Waals surface area contributed by atoms with Gasteiger partial charge in [-0.25, -0.2) is 9.78 Å². The molecular weight excluding hydrogens is 258 g/mol. The topological polar surface area (TPSA) is 88.0 Å². The minimum atomic E-state index is -1.23. The summed E-state index contributed by atoms with van der Waals surface area (Å²) in [5.74, 6) is -1.23. The highest BCUT2D eigenvalue weighted by atomic mass is 16.4. The average Bonchev–Trinajstić information content (AvgIpc) is 2.88. The Bertz CT molecular complexity index is 877. The van der Waals surface area contributed by atoms with E-state index >= 15 is 0 Å². The van der Waals surface area contributed by atoms with Crippen molar-refractivity contribution in [2.75, 3.05) is 0 Å². The Balaban J connectivity index is 2.30. The van der Waals surface area contributed by atoms with Gasteiger partial charge in [0.15, 0.2) is 0 Å². The number of hydrogen-bond donors (Lipinski definition) is 2. The van der Waals surface area contributed by atoms with Crippen LogP contribution in [-0.2, 0) is 7.05 Å². The fraction of sp³-hybridized carbons (Fsp3) is 0.0714. The summed E-state index contributed by atoms with van der Waals surface area (Å²) in [5, 5.41) is 9.27. The Kier molecular flexibility index (Phi) is 2.64. The van der Waals surface area contributed by atoms with Crippen molar-refractivity contribution in [2.24, 2.45) is 7.05 Å². The number of fused-ring (bicyclic) bond motifs is 1. The van der Waals surface area contributed by atoms with E-state index in [0.717, 1.165) is 11.0 Å². The van der Waals surface area contributed by atoms with Crippen molar-refractivity contribution in [3.05, 3.63) is 52.7 Å². The first-order valence-electron chi connectivity index (χ1n) is 5.94. The first-order chi connectivity index (χ1) is 9.58. The molecule has 20 heavy (non-hydrogen) atoms. The summed E-state index contributed by atoms with van der Waals surface area (Å²) < 4.78 is 1.25. The first-order valence-corrected chi connectivity index (χ1v) is 5.94. The number of rotatable bonds is 2. The third-order valence-electron chi connectivity index (χ3n) is 3.21. The lowest BCUT2D eigenvalue weighted by molar-refractivity contribution is 0.0695. The normalized spacial score (nSPS) is 10.8. The lowest BCUT2D eigenvalue weighted by Gasteiger charge is -2.07. The van der Waals surface area contributed by atoms with E-state index in [1.165, 1.54) is 11.6 Å². The van der Waals surface area contributed by atoms with E-state index in [2.05, 4.69) is 9.97 Å². The number of nitrogens with zero attached hydrogens (tertiary/aromatic N) is 2. The number of aryl methyl sites for hydroxylation is 1. The fourth-order valence-corrected chi connectivity index (χ4v) is 2.18. The van der Waals surface area contributed by atoms with E-state index < -0.39 is 11.5 Å². The number of hydrogen-bond acceptors (Lipinski definition) is 3. The molecule has 0 aliphatic carbocycles. The molecule has 0 fully saturated rings. The Morgan fingerprint density at radius 3 is 2.90 bits per heavy atom. The van der Waals surface area contributed by atoms with Gasteiger partial charge in [0, 0.05) is 18.8 Å². The van der Waals surface area contributed by atoms with Crippen LogP contribution in [0, 0.1) is 0 Å². The number of carbonyl (C=O) groups is 1. The van der Waals surface area contributed by atoms with E-state index in [9.17, 15) is 14.7 Å². The number of carboxylic acids is 1. The second kappa shape index (κ2) is 4.34. The van der Waals surface area contributed by atoms with Crippen LogP contribution in [0.25, 0.3) is 22.2 Å². The largest absolute Gasteiger partial charge is 0.477 e. The Morgan fingerprint density at radius 1 is 1.35 bits per heavy atom. The van der Waals surface area contributed by atoms with Gasteiger partial charge in [0.05, 0.1) is 17.4 Å². The molecule has 2 aromatic heterocycles. The second-order valence-electron chi connectivity index (χ2n) is 4.46. The maximum absolute atomic E-state index is 12.0. The standard InChI is InChI=1S/C14H11N3O3/c1-17-5-4-9(12(13(17)18)14(19)20)8-2-3-10-11(6-8)16-7-15-10/h2-7H,1H3,(H,15,16)(H,19,20). The van der Waals surface area contributed by atoms with E-state index in [-0.39, 0.29) is 5.56 Å². The van der Waals surface area contributed by atoms with Crippen molar-refractivity contribution in [3.8, 4) is 11.1 Å². The molecule has 0 amide bonds. The van der Waals surface area contributed by atoms with Gasteiger partial charge in [-0.2, -0.15) is 0 Å².